The molecule has 0 spiro atoms. The molecule has 0 radical (unpaired) electrons. The molecule has 3 heteroatoms. The quantitative estimate of drug-likeness (QED) is 0.673. The first-order valence-electron chi connectivity index (χ1n) is 7.39. The van der Waals surface area contributed by atoms with Gasteiger partial charge in [-0.05, 0) is 39.3 Å². The zero-order valence-electron chi connectivity index (χ0n) is 12.4. The van der Waals surface area contributed by atoms with E-state index in [1.807, 2.05) is 0 Å². The normalized spacial score (nSPS) is 22.9. The Morgan fingerprint density at radius 1 is 1.50 bits per heavy atom. The molecule has 0 aliphatic carbocycles. The van der Waals surface area contributed by atoms with Gasteiger partial charge in [0, 0.05) is 19.1 Å². The summed E-state index contributed by atoms with van der Waals surface area (Å²) >= 11 is 0. The van der Waals surface area contributed by atoms with Crippen molar-refractivity contribution >= 4 is 0 Å². The number of ether oxygens (including phenoxy) is 1. The number of morpholine rings is 1. The fourth-order valence-corrected chi connectivity index (χ4v) is 2.58. The number of hydrogen-bond donors (Lipinski definition) is 1. The average molecular weight is 254 g/mol. The minimum Gasteiger partial charge on any atom is -0.374 e. The van der Waals surface area contributed by atoms with Crippen molar-refractivity contribution in [2.45, 2.75) is 52.2 Å². The van der Waals surface area contributed by atoms with Crippen LogP contribution in [0.25, 0.3) is 0 Å². The third kappa shape index (κ3) is 5.51. The number of allylic oxidation sites excluding steroid dienone is 1. The standard InChI is InChI=1S/C15H30N2O/c1-5-9-17-10-11-18-15(12-17)14(16-6-2)8-7-13(3)4/h14-16H,3,5-12H2,1-2,4H3. The summed E-state index contributed by atoms with van der Waals surface area (Å²) in [6.45, 7) is 15.7. The highest BCUT2D eigenvalue weighted by atomic mass is 16.5. The van der Waals surface area contributed by atoms with Crippen molar-refractivity contribution < 1.29 is 4.74 Å². The third-order valence-corrected chi connectivity index (χ3v) is 3.51. The van der Waals surface area contributed by atoms with Crippen molar-refractivity contribution in [2.75, 3.05) is 32.8 Å². The largest absolute Gasteiger partial charge is 0.374 e. The predicted octanol–water partition coefficient (Wildman–Crippen LogP) is 2.43. The van der Waals surface area contributed by atoms with Gasteiger partial charge in [0.25, 0.3) is 0 Å². The van der Waals surface area contributed by atoms with Crippen LogP contribution in [-0.2, 0) is 4.74 Å². The Labute approximate surface area is 113 Å². The molecule has 18 heavy (non-hydrogen) atoms. The zero-order valence-corrected chi connectivity index (χ0v) is 12.4. The van der Waals surface area contributed by atoms with Gasteiger partial charge in [-0.3, -0.25) is 4.90 Å². The monoisotopic (exact) mass is 254 g/mol. The molecule has 0 aromatic rings. The molecule has 0 saturated carbocycles. The summed E-state index contributed by atoms with van der Waals surface area (Å²) in [6.07, 6.45) is 3.79. The van der Waals surface area contributed by atoms with Gasteiger partial charge < -0.3 is 10.1 Å². The lowest BCUT2D eigenvalue weighted by Crippen LogP contribution is -2.52. The van der Waals surface area contributed by atoms with Gasteiger partial charge in [-0.1, -0.05) is 19.4 Å². The van der Waals surface area contributed by atoms with E-state index in [1.54, 1.807) is 0 Å². The van der Waals surface area contributed by atoms with E-state index in [4.69, 9.17) is 4.74 Å². The molecule has 1 heterocycles. The van der Waals surface area contributed by atoms with Crippen LogP contribution in [0.1, 0.15) is 40.0 Å². The first-order valence-corrected chi connectivity index (χ1v) is 7.39. The van der Waals surface area contributed by atoms with Crippen molar-refractivity contribution in [1.29, 1.82) is 0 Å². The predicted molar refractivity (Wildman–Crippen MR) is 78.0 cm³/mol. The number of hydrogen-bond acceptors (Lipinski definition) is 3. The van der Waals surface area contributed by atoms with Crippen LogP contribution in [0.2, 0.25) is 0 Å². The molecule has 2 unspecified atom stereocenters. The average Bonchev–Trinajstić information content (AvgIpc) is 2.35. The van der Waals surface area contributed by atoms with E-state index in [0.717, 1.165) is 39.1 Å². The highest BCUT2D eigenvalue weighted by Crippen LogP contribution is 2.15. The molecule has 2 atom stereocenters. The van der Waals surface area contributed by atoms with Crippen molar-refractivity contribution in [2.24, 2.45) is 0 Å². The number of rotatable bonds is 8. The second-order valence-electron chi connectivity index (χ2n) is 5.37. The van der Waals surface area contributed by atoms with Crippen molar-refractivity contribution in [3.05, 3.63) is 12.2 Å². The van der Waals surface area contributed by atoms with Crippen LogP contribution in [0.15, 0.2) is 12.2 Å². The third-order valence-electron chi connectivity index (χ3n) is 3.51. The summed E-state index contributed by atoms with van der Waals surface area (Å²) < 4.78 is 5.97. The first-order chi connectivity index (χ1) is 8.67. The molecule has 0 bridgehead atoms. The van der Waals surface area contributed by atoms with Gasteiger partial charge in [0.15, 0.2) is 0 Å². The Bertz CT molecular complexity index is 241. The zero-order chi connectivity index (χ0) is 13.4. The molecule has 1 N–H and O–H groups in total. The lowest BCUT2D eigenvalue weighted by atomic mass is 10.0. The topological polar surface area (TPSA) is 24.5 Å². The molecular weight excluding hydrogens is 224 g/mol. The SMILES string of the molecule is C=C(C)CCC(NCC)C1CN(CCC)CCO1. The van der Waals surface area contributed by atoms with Crippen LogP contribution in [-0.4, -0.2) is 49.8 Å². The highest BCUT2D eigenvalue weighted by molar-refractivity contribution is 4.92. The summed E-state index contributed by atoms with van der Waals surface area (Å²) in [4.78, 5) is 2.53. The van der Waals surface area contributed by atoms with E-state index in [9.17, 15) is 0 Å². The maximum absolute atomic E-state index is 5.97. The van der Waals surface area contributed by atoms with Crippen LogP contribution >= 0.6 is 0 Å². The van der Waals surface area contributed by atoms with Crippen LogP contribution in [0.5, 0.6) is 0 Å². The molecule has 1 saturated heterocycles. The lowest BCUT2D eigenvalue weighted by Gasteiger charge is -2.37. The second-order valence-corrected chi connectivity index (χ2v) is 5.37. The number of nitrogens with one attached hydrogen (secondary N) is 1. The fourth-order valence-electron chi connectivity index (χ4n) is 2.58. The van der Waals surface area contributed by atoms with Crippen LogP contribution < -0.4 is 5.32 Å². The lowest BCUT2D eigenvalue weighted by molar-refractivity contribution is -0.0472. The molecule has 0 amide bonds. The molecule has 0 aromatic carbocycles. The highest BCUT2D eigenvalue weighted by Gasteiger charge is 2.26. The Hall–Kier alpha value is -0.380. The van der Waals surface area contributed by atoms with Gasteiger partial charge in [-0.25, -0.2) is 0 Å². The summed E-state index contributed by atoms with van der Waals surface area (Å²) in [5.74, 6) is 0. The summed E-state index contributed by atoms with van der Waals surface area (Å²) in [6, 6.07) is 0.464. The maximum Gasteiger partial charge on any atom is 0.0855 e. The van der Waals surface area contributed by atoms with E-state index in [0.29, 0.717) is 12.1 Å². The van der Waals surface area contributed by atoms with E-state index < -0.39 is 0 Å². The van der Waals surface area contributed by atoms with E-state index in [2.05, 4.69) is 37.6 Å². The summed E-state index contributed by atoms with van der Waals surface area (Å²) in [5, 5.41) is 3.58. The second kappa shape index (κ2) is 8.68. The summed E-state index contributed by atoms with van der Waals surface area (Å²) in [5.41, 5.74) is 1.26. The van der Waals surface area contributed by atoms with Gasteiger partial charge >= 0.3 is 0 Å². The van der Waals surface area contributed by atoms with Crippen LogP contribution in [0, 0.1) is 0 Å². The minimum absolute atomic E-state index is 0.338. The Morgan fingerprint density at radius 3 is 2.89 bits per heavy atom. The Morgan fingerprint density at radius 2 is 2.28 bits per heavy atom. The van der Waals surface area contributed by atoms with Crippen LogP contribution in [0.4, 0.5) is 0 Å². The van der Waals surface area contributed by atoms with E-state index in [-0.39, 0.29) is 0 Å². The Kier molecular flexibility index (Phi) is 7.56. The molecule has 1 rings (SSSR count). The smallest absolute Gasteiger partial charge is 0.0855 e. The molecular formula is C15H30N2O. The van der Waals surface area contributed by atoms with Crippen molar-refractivity contribution in [3.63, 3.8) is 0 Å². The molecule has 1 fully saturated rings. The van der Waals surface area contributed by atoms with E-state index in [1.165, 1.54) is 18.5 Å². The number of nitrogens with zero attached hydrogens (tertiary/aromatic N) is 1. The Balaban J connectivity index is 2.46. The van der Waals surface area contributed by atoms with Gasteiger partial charge in [-0.15, -0.1) is 6.58 Å². The first kappa shape index (κ1) is 15.7. The van der Waals surface area contributed by atoms with Crippen molar-refractivity contribution in [1.82, 2.24) is 10.2 Å². The van der Waals surface area contributed by atoms with Gasteiger partial charge in [0.05, 0.1) is 12.7 Å². The van der Waals surface area contributed by atoms with Crippen LogP contribution in [0.3, 0.4) is 0 Å². The maximum atomic E-state index is 5.97. The van der Waals surface area contributed by atoms with Gasteiger partial charge in [0.2, 0.25) is 0 Å². The fraction of sp³-hybridized carbons (Fsp3) is 0.867. The van der Waals surface area contributed by atoms with Gasteiger partial charge in [-0.2, -0.15) is 0 Å². The molecule has 1 aliphatic heterocycles. The molecule has 0 aromatic heterocycles. The van der Waals surface area contributed by atoms with E-state index >= 15 is 0 Å². The minimum atomic E-state index is 0.338. The molecule has 3 nitrogen and oxygen atoms in total. The molecule has 106 valence electrons. The number of likely N-dealkylation sites (N-methyl/N-ethyl adjacent to an activating group) is 1. The van der Waals surface area contributed by atoms with Crippen molar-refractivity contribution in [3.8, 4) is 0 Å². The molecule has 1 aliphatic rings. The summed E-state index contributed by atoms with van der Waals surface area (Å²) in [7, 11) is 0. The van der Waals surface area contributed by atoms with Gasteiger partial charge in [0.1, 0.15) is 0 Å².